The second-order valence-corrected chi connectivity index (χ2v) is 7.67. The maximum atomic E-state index is 13.9. The average molecular weight is 506 g/mol. The molecule has 11 nitrogen and oxygen atoms in total. The summed E-state index contributed by atoms with van der Waals surface area (Å²) >= 11 is 0. The number of H-pyrrole nitrogens is 1. The van der Waals surface area contributed by atoms with Crippen molar-refractivity contribution in [1.82, 2.24) is 15.5 Å². The van der Waals surface area contributed by atoms with Crippen molar-refractivity contribution in [3.63, 3.8) is 0 Å². The molecule has 1 aliphatic rings. The van der Waals surface area contributed by atoms with E-state index in [1.165, 1.54) is 24.3 Å². The van der Waals surface area contributed by atoms with Gasteiger partial charge in [-0.2, -0.15) is 13.2 Å². The molecule has 0 aliphatic carbocycles. The number of amides is 2. The minimum atomic E-state index is -4.87. The Morgan fingerprint density at radius 2 is 1.86 bits per heavy atom. The van der Waals surface area contributed by atoms with E-state index >= 15 is 0 Å². The van der Waals surface area contributed by atoms with Gasteiger partial charge in [0.05, 0.1) is 18.7 Å². The smallest absolute Gasteiger partial charge is 0.433 e. The molecule has 2 aromatic rings. The summed E-state index contributed by atoms with van der Waals surface area (Å²) in [6.07, 6.45) is -14.8. The SMILES string of the molecule is NC(=O)CNC(=O)c1ccc(Cc2c(O[C@@H]3O[C@H](CO)[C@@H](F)[C@H](O)[C@H]3O)n[nH]c2C(F)(F)F)cc1. The lowest BCUT2D eigenvalue weighted by atomic mass is 10.0. The van der Waals surface area contributed by atoms with E-state index in [4.69, 9.17) is 15.2 Å². The molecule has 0 unspecified atom stereocenters. The number of aliphatic hydroxyl groups excluding tert-OH is 3. The second kappa shape index (κ2) is 10.6. The van der Waals surface area contributed by atoms with Crippen molar-refractivity contribution in [2.75, 3.05) is 13.2 Å². The fourth-order valence-electron chi connectivity index (χ4n) is 3.34. The fraction of sp³-hybridized carbons (Fsp3) is 0.450. The number of benzene rings is 1. The topological polar surface area (TPSA) is 180 Å². The Morgan fingerprint density at radius 3 is 2.43 bits per heavy atom. The number of hydrogen-bond donors (Lipinski definition) is 6. The lowest BCUT2D eigenvalue weighted by Gasteiger charge is -2.38. The second-order valence-electron chi connectivity index (χ2n) is 7.67. The standard InChI is InChI=1S/C20H22F4N4O7/c21-13-11(7-29)34-19(15(32)14(13)31)35-18-10(16(27-28-18)20(22,23)24)5-8-1-3-9(4-2-8)17(33)26-6-12(25)30/h1-4,11,13-15,19,29,31-32H,5-7H2,(H2,25,30)(H,26,33)(H,27,28)/t11-,13-,14+,15-,19+/m1/s1. The number of alkyl halides is 4. The first kappa shape index (κ1) is 26.3. The van der Waals surface area contributed by atoms with Crippen LogP contribution in [0.2, 0.25) is 0 Å². The highest BCUT2D eigenvalue weighted by Crippen LogP contribution is 2.37. The van der Waals surface area contributed by atoms with E-state index in [-0.39, 0.29) is 5.56 Å². The van der Waals surface area contributed by atoms with Gasteiger partial charge in [0.2, 0.25) is 18.1 Å². The summed E-state index contributed by atoms with van der Waals surface area (Å²) in [6.45, 7) is -1.28. The number of aromatic nitrogens is 2. The maximum Gasteiger partial charge on any atom is 0.433 e. The molecule has 0 bridgehead atoms. The molecule has 1 fully saturated rings. The number of rotatable bonds is 8. The minimum absolute atomic E-state index is 0.123. The number of halogens is 4. The molecule has 1 aromatic heterocycles. The fourth-order valence-corrected chi connectivity index (χ4v) is 3.34. The average Bonchev–Trinajstić information content (AvgIpc) is 3.20. The Balaban J connectivity index is 1.83. The number of nitrogens with two attached hydrogens (primary N) is 1. The van der Waals surface area contributed by atoms with Crippen LogP contribution in [0, 0.1) is 0 Å². The summed E-state index contributed by atoms with van der Waals surface area (Å²) in [5, 5.41) is 36.6. The number of carbonyl (C=O) groups excluding carboxylic acids is 2. The van der Waals surface area contributed by atoms with Crippen molar-refractivity contribution in [3.05, 3.63) is 46.6 Å². The number of primary amides is 1. The van der Waals surface area contributed by atoms with Crippen LogP contribution >= 0.6 is 0 Å². The first-order valence-electron chi connectivity index (χ1n) is 10.2. The van der Waals surface area contributed by atoms with Gasteiger partial charge in [0.25, 0.3) is 5.91 Å². The molecule has 15 heteroatoms. The Bertz CT molecular complexity index is 1050. The summed E-state index contributed by atoms with van der Waals surface area (Å²) in [4.78, 5) is 22.7. The van der Waals surface area contributed by atoms with Gasteiger partial charge in [-0.1, -0.05) is 12.1 Å². The molecule has 0 saturated carbocycles. The van der Waals surface area contributed by atoms with E-state index in [1.807, 2.05) is 5.10 Å². The largest absolute Gasteiger partial charge is 0.443 e. The number of carbonyl (C=O) groups is 2. The molecule has 2 heterocycles. The van der Waals surface area contributed by atoms with Crippen LogP contribution in [-0.2, 0) is 22.1 Å². The van der Waals surface area contributed by atoms with E-state index < -0.39 is 85.5 Å². The van der Waals surface area contributed by atoms with Crippen molar-refractivity contribution in [1.29, 1.82) is 0 Å². The van der Waals surface area contributed by atoms with Crippen molar-refractivity contribution in [3.8, 4) is 5.88 Å². The van der Waals surface area contributed by atoms with Gasteiger partial charge in [-0.3, -0.25) is 14.7 Å². The molecule has 3 rings (SSSR count). The van der Waals surface area contributed by atoms with Crippen molar-refractivity contribution >= 4 is 11.8 Å². The highest BCUT2D eigenvalue weighted by Gasteiger charge is 2.47. The molecule has 1 aromatic carbocycles. The molecular weight excluding hydrogens is 484 g/mol. The zero-order valence-electron chi connectivity index (χ0n) is 17.8. The highest BCUT2D eigenvalue weighted by atomic mass is 19.4. The van der Waals surface area contributed by atoms with Gasteiger partial charge >= 0.3 is 6.18 Å². The number of nitrogens with one attached hydrogen (secondary N) is 2. The highest BCUT2D eigenvalue weighted by molar-refractivity contribution is 5.96. The first-order valence-corrected chi connectivity index (χ1v) is 10.2. The van der Waals surface area contributed by atoms with Crippen LogP contribution in [0.4, 0.5) is 17.6 Å². The Labute approximate surface area is 194 Å². The van der Waals surface area contributed by atoms with Crippen LogP contribution in [-0.4, -0.2) is 81.3 Å². The molecule has 192 valence electrons. The number of aromatic amines is 1. The number of nitrogens with zero attached hydrogens (tertiary/aromatic N) is 1. The van der Waals surface area contributed by atoms with Gasteiger partial charge < -0.3 is 35.8 Å². The van der Waals surface area contributed by atoms with Gasteiger partial charge in [-0.25, -0.2) is 4.39 Å². The van der Waals surface area contributed by atoms with E-state index in [9.17, 15) is 42.5 Å². The lowest BCUT2D eigenvalue weighted by molar-refractivity contribution is -0.265. The van der Waals surface area contributed by atoms with Crippen LogP contribution < -0.4 is 15.8 Å². The molecule has 1 aliphatic heterocycles. The lowest BCUT2D eigenvalue weighted by Crippen LogP contribution is -2.58. The predicted octanol–water partition coefficient (Wildman–Crippen LogP) is -0.610. The molecule has 1 saturated heterocycles. The quantitative estimate of drug-likeness (QED) is 0.257. The van der Waals surface area contributed by atoms with E-state index in [1.54, 1.807) is 0 Å². The normalized spacial score (nSPS) is 24.7. The van der Waals surface area contributed by atoms with Crippen LogP contribution in [0.15, 0.2) is 24.3 Å². The third kappa shape index (κ3) is 6.05. The van der Waals surface area contributed by atoms with Crippen LogP contribution in [0.25, 0.3) is 0 Å². The van der Waals surface area contributed by atoms with Gasteiger partial charge in [-0.15, -0.1) is 5.10 Å². The van der Waals surface area contributed by atoms with Crippen molar-refractivity contribution < 1.29 is 51.9 Å². The predicted molar refractivity (Wildman–Crippen MR) is 108 cm³/mol. The van der Waals surface area contributed by atoms with Crippen molar-refractivity contribution in [2.45, 2.75) is 43.4 Å². The molecule has 5 atom stereocenters. The Morgan fingerprint density at radius 1 is 1.20 bits per heavy atom. The maximum absolute atomic E-state index is 13.9. The zero-order valence-corrected chi connectivity index (χ0v) is 17.8. The minimum Gasteiger partial charge on any atom is -0.443 e. The molecule has 35 heavy (non-hydrogen) atoms. The third-order valence-electron chi connectivity index (χ3n) is 5.16. The van der Waals surface area contributed by atoms with Crippen LogP contribution in [0.1, 0.15) is 27.2 Å². The molecule has 2 amide bonds. The van der Waals surface area contributed by atoms with E-state index in [0.717, 1.165) is 0 Å². The monoisotopic (exact) mass is 506 g/mol. The molecule has 0 radical (unpaired) electrons. The molecule has 7 N–H and O–H groups in total. The summed E-state index contributed by atoms with van der Waals surface area (Å²) in [5.74, 6) is -2.01. The van der Waals surface area contributed by atoms with Crippen LogP contribution in [0.3, 0.4) is 0 Å². The summed E-state index contributed by atoms with van der Waals surface area (Å²) < 4.78 is 64.9. The van der Waals surface area contributed by atoms with Gasteiger partial charge in [0.15, 0.2) is 6.17 Å². The van der Waals surface area contributed by atoms with Crippen LogP contribution in [0.5, 0.6) is 5.88 Å². The van der Waals surface area contributed by atoms with Gasteiger partial charge in [0.1, 0.15) is 24.0 Å². The van der Waals surface area contributed by atoms with E-state index in [2.05, 4.69) is 10.4 Å². The number of hydrogen-bond acceptors (Lipinski definition) is 8. The van der Waals surface area contributed by atoms with Gasteiger partial charge in [0, 0.05) is 12.0 Å². The summed E-state index contributed by atoms with van der Waals surface area (Å²) in [6, 6.07) is 5.36. The first-order chi connectivity index (χ1) is 16.4. The number of aliphatic hydroxyl groups is 3. The van der Waals surface area contributed by atoms with E-state index in [0.29, 0.717) is 5.56 Å². The Hall–Kier alpha value is -3.27. The summed E-state index contributed by atoms with van der Waals surface area (Å²) in [7, 11) is 0. The zero-order chi connectivity index (χ0) is 25.9. The van der Waals surface area contributed by atoms with Crippen molar-refractivity contribution in [2.24, 2.45) is 5.73 Å². The number of ether oxygens (including phenoxy) is 2. The Kier molecular flexibility index (Phi) is 7.94. The molecular formula is C20H22F4N4O7. The van der Waals surface area contributed by atoms with Gasteiger partial charge in [-0.05, 0) is 17.7 Å². The molecule has 0 spiro atoms. The summed E-state index contributed by atoms with van der Waals surface area (Å²) in [5.41, 5.74) is 3.63. The third-order valence-corrected chi connectivity index (χ3v) is 5.16.